The van der Waals surface area contributed by atoms with Crippen LogP contribution in [0.1, 0.15) is 16.1 Å². The first-order valence-electron chi connectivity index (χ1n) is 5.74. The number of H-pyrrole nitrogens is 1. The van der Waals surface area contributed by atoms with Crippen molar-refractivity contribution in [3.05, 3.63) is 51.8 Å². The Morgan fingerprint density at radius 2 is 2.10 bits per heavy atom. The van der Waals surface area contributed by atoms with Gasteiger partial charge in [0.15, 0.2) is 0 Å². The Kier molecular flexibility index (Phi) is 4.70. The molecule has 0 saturated carbocycles. The van der Waals surface area contributed by atoms with Crippen LogP contribution in [-0.4, -0.2) is 17.4 Å². The van der Waals surface area contributed by atoms with E-state index in [0.29, 0.717) is 27.0 Å². The van der Waals surface area contributed by atoms with Gasteiger partial charge in [0, 0.05) is 16.8 Å². The Hall–Kier alpha value is -1.93. The van der Waals surface area contributed by atoms with Crippen LogP contribution in [0.2, 0.25) is 10.0 Å². The molecule has 2 aromatic rings. The maximum absolute atomic E-state index is 12.0. The van der Waals surface area contributed by atoms with Crippen molar-refractivity contribution < 1.29 is 4.79 Å². The van der Waals surface area contributed by atoms with Crippen LogP contribution in [0, 0.1) is 11.8 Å². The predicted molar refractivity (Wildman–Crippen MR) is 81.1 cm³/mol. The van der Waals surface area contributed by atoms with Crippen molar-refractivity contribution in [2.45, 2.75) is 0 Å². The number of halogens is 2. The van der Waals surface area contributed by atoms with E-state index in [1.165, 1.54) is 12.3 Å². The molecule has 0 bridgehead atoms. The molecule has 4 nitrogen and oxygen atoms in total. The van der Waals surface area contributed by atoms with E-state index in [9.17, 15) is 4.79 Å². The van der Waals surface area contributed by atoms with Crippen molar-refractivity contribution in [1.82, 2.24) is 4.98 Å². The summed E-state index contributed by atoms with van der Waals surface area (Å²) in [6.07, 6.45) is 1.54. The molecule has 102 valence electrons. The number of nitrogens with two attached hydrogens (primary N) is 1. The molecule has 6 heteroatoms. The second kappa shape index (κ2) is 6.49. The first kappa shape index (κ1) is 14.5. The number of carbonyl (C=O) groups excluding carboxylic acids is 1. The number of amides is 1. The van der Waals surface area contributed by atoms with Crippen LogP contribution in [0.25, 0.3) is 0 Å². The molecular formula is C14H11Cl2N3O. The highest BCUT2D eigenvalue weighted by atomic mass is 35.5. The zero-order valence-corrected chi connectivity index (χ0v) is 11.8. The van der Waals surface area contributed by atoms with Gasteiger partial charge < -0.3 is 16.0 Å². The van der Waals surface area contributed by atoms with Crippen molar-refractivity contribution in [2.75, 3.05) is 11.9 Å². The molecule has 0 aliphatic carbocycles. The molecule has 0 saturated heterocycles. The van der Waals surface area contributed by atoms with Gasteiger partial charge >= 0.3 is 0 Å². The second-order valence-corrected chi connectivity index (χ2v) is 4.75. The third-order valence-corrected chi connectivity index (χ3v) is 2.90. The van der Waals surface area contributed by atoms with E-state index in [-0.39, 0.29) is 12.5 Å². The van der Waals surface area contributed by atoms with Crippen LogP contribution in [0.4, 0.5) is 5.69 Å². The Labute approximate surface area is 126 Å². The number of carbonyl (C=O) groups is 1. The minimum atomic E-state index is -0.310. The lowest BCUT2D eigenvalue weighted by Crippen LogP contribution is -2.13. The Bertz CT molecular complexity index is 698. The summed E-state index contributed by atoms with van der Waals surface area (Å²) in [5.41, 5.74) is 6.88. The smallest absolute Gasteiger partial charge is 0.272 e. The standard InChI is InChI=1S/C14H11Cl2N3O/c15-10-3-4-12(9(6-10)2-1-5-17)19-14(20)13-7-11(16)8-18-13/h3-4,6-8,18H,5,17H2,(H,19,20). The van der Waals surface area contributed by atoms with E-state index >= 15 is 0 Å². The molecule has 1 aromatic carbocycles. The van der Waals surface area contributed by atoms with Crippen molar-refractivity contribution in [3.63, 3.8) is 0 Å². The highest BCUT2D eigenvalue weighted by molar-refractivity contribution is 6.31. The van der Waals surface area contributed by atoms with Gasteiger partial charge in [-0.2, -0.15) is 0 Å². The van der Waals surface area contributed by atoms with Gasteiger partial charge in [-0.3, -0.25) is 4.79 Å². The zero-order chi connectivity index (χ0) is 14.5. The Balaban J connectivity index is 2.26. The minimum absolute atomic E-state index is 0.228. The van der Waals surface area contributed by atoms with Crippen LogP contribution in [0.5, 0.6) is 0 Å². The van der Waals surface area contributed by atoms with Crippen LogP contribution in [0.3, 0.4) is 0 Å². The molecule has 0 fully saturated rings. The van der Waals surface area contributed by atoms with Gasteiger partial charge in [-0.05, 0) is 24.3 Å². The molecular weight excluding hydrogens is 297 g/mol. The van der Waals surface area contributed by atoms with Gasteiger partial charge in [0.2, 0.25) is 0 Å². The molecule has 1 amide bonds. The number of nitrogens with one attached hydrogen (secondary N) is 2. The quantitative estimate of drug-likeness (QED) is 0.747. The van der Waals surface area contributed by atoms with E-state index in [4.69, 9.17) is 28.9 Å². The molecule has 0 atom stereocenters. The molecule has 0 aliphatic heterocycles. The maximum Gasteiger partial charge on any atom is 0.272 e. The monoisotopic (exact) mass is 307 g/mol. The van der Waals surface area contributed by atoms with Crippen molar-refractivity contribution in [2.24, 2.45) is 5.73 Å². The minimum Gasteiger partial charge on any atom is -0.356 e. The summed E-state index contributed by atoms with van der Waals surface area (Å²) in [5, 5.41) is 3.75. The molecule has 1 heterocycles. The lowest BCUT2D eigenvalue weighted by atomic mass is 10.1. The molecule has 2 rings (SSSR count). The summed E-state index contributed by atoms with van der Waals surface area (Å²) < 4.78 is 0. The van der Waals surface area contributed by atoms with Crippen LogP contribution >= 0.6 is 23.2 Å². The van der Waals surface area contributed by atoms with Gasteiger partial charge in [0.25, 0.3) is 5.91 Å². The zero-order valence-electron chi connectivity index (χ0n) is 10.3. The average molecular weight is 308 g/mol. The summed E-state index contributed by atoms with van der Waals surface area (Å²) in [6, 6.07) is 6.57. The number of aromatic amines is 1. The normalized spacial score (nSPS) is 9.75. The molecule has 4 N–H and O–H groups in total. The summed E-state index contributed by atoms with van der Waals surface area (Å²) in [7, 11) is 0. The number of rotatable bonds is 2. The third kappa shape index (κ3) is 3.55. The molecule has 1 aromatic heterocycles. The topological polar surface area (TPSA) is 70.9 Å². The molecule has 0 radical (unpaired) electrons. The van der Waals surface area contributed by atoms with Crippen molar-refractivity contribution >= 4 is 34.8 Å². The second-order valence-electron chi connectivity index (χ2n) is 3.88. The van der Waals surface area contributed by atoms with E-state index in [1.807, 2.05) is 0 Å². The van der Waals surface area contributed by atoms with E-state index in [2.05, 4.69) is 22.1 Å². The van der Waals surface area contributed by atoms with Gasteiger partial charge in [0.1, 0.15) is 5.69 Å². The Morgan fingerprint density at radius 3 is 2.75 bits per heavy atom. The average Bonchev–Trinajstić information content (AvgIpc) is 2.85. The number of anilines is 1. The highest BCUT2D eigenvalue weighted by Crippen LogP contribution is 2.21. The fraction of sp³-hybridized carbons (Fsp3) is 0.0714. The van der Waals surface area contributed by atoms with E-state index in [0.717, 1.165) is 0 Å². The Morgan fingerprint density at radius 1 is 1.30 bits per heavy atom. The first-order valence-corrected chi connectivity index (χ1v) is 6.49. The summed E-state index contributed by atoms with van der Waals surface area (Å²) in [4.78, 5) is 14.8. The van der Waals surface area contributed by atoms with Crippen molar-refractivity contribution in [1.29, 1.82) is 0 Å². The molecule has 20 heavy (non-hydrogen) atoms. The summed E-state index contributed by atoms with van der Waals surface area (Å²) in [5.74, 6) is 5.28. The van der Waals surface area contributed by atoms with Crippen LogP contribution in [0.15, 0.2) is 30.5 Å². The first-order chi connectivity index (χ1) is 9.60. The number of aromatic nitrogens is 1. The lowest BCUT2D eigenvalue weighted by molar-refractivity contribution is 0.102. The summed E-state index contributed by atoms with van der Waals surface area (Å²) >= 11 is 11.7. The number of hydrogen-bond acceptors (Lipinski definition) is 2. The van der Waals surface area contributed by atoms with Gasteiger partial charge in [-0.15, -0.1) is 0 Å². The van der Waals surface area contributed by atoms with Crippen molar-refractivity contribution in [3.8, 4) is 11.8 Å². The van der Waals surface area contributed by atoms with Crippen LogP contribution in [-0.2, 0) is 0 Å². The van der Waals surface area contributed by atoms with Gasteiger partial charge in [-0.1, -0.05) is 35.0 Å². The van der Waals surface area contributed by atoms with E-state index < -0.39 is 0 Å². The highest BCUT2D eigenvalue weighted by Gasteiger charge is 2.10. The van der Waals surface area contributed by atoms with Gasteiger partial charge in [-0.25, -0.2) is 0 Å². The lowest BCUT2D eigenvalue weighted by Gasteiger charge is -2.07. The van der Waals surface area contributed by atoms with E-state index in [1.54, 1.807) is 18.2 Å². The fourth-order valence-corrected chi connectivity index (χ4v) is 1.90. The summed E-state index contributed by atoms with van der Waals surface area (Å²) in [6.45, 7) is 0.228. The van der Waals surface area contributed by atoms with Gasteiger partial charge in [0.05, 0.1) is 17.3 Å². The maximum atomic E-state index is 12.0. The molecule has 0 aliphatic rings. The van der Waals surface area contributed by atoms with Crippen LogP contribution < -0.4 is 11.1 Å². The molecule has 0 spiro atoms. The predicted octanol–water partition coefficient (Wildman–Crippen LogP) is 2.88. The number of benzene rings is 1. The number of hydrogen-bond donors (Lipinski definition) is 3. The largest absolute Gasteiger partial charge is 0.356 e. The third-order valence-electron chi connectivity index (χ3n) is 2.45. The molecule has 0 unspecified atom stereocenters. The SMILES string of the molecule is NCC#Cc1cc(Cl)ccc1NC(=O)c1cc(Cl)c[nH]1. The fourth-order valence-electron chi connectivity index (χ4n) is 1.56.